The Hall–Kier alpha value is -1.04. The Labute approximate surface area is 131 Å². The van der Waals surface area contributed by atoms with Gasteiger partial charge >= 0.3 is 7.12 Å². The van der Waals surface area contributed by atoms with Crippen molar-refractivity contribution in [2.75, 3.05) is 5.88 Å². The molecular weight excluding hydrogens is 286 g/mol. The highest BCUT2D eigenvalue weighted by Crippen LogP contribution is 2.36. The first-order valence-corrected chi connectivity index (χ1v) is 7.55. The van der Waals surface area contributed by atoms with E-state index in [0.717, 1.165) is 16.7 Å². The quantitative estimate of drug-likeness (QED) is 0.404. The largest absolute Gasteiger partial charge is 0.494 e. The summed E-state index contributed by atoms with van der Waals surface area (Å²) in [7, 11) is -0.401. The predicted molar refractivity (Wildman–Crippen MR) is 88.9 cm³/mol. The first-order chi connectivity index (χ1) is 9.66. The maximum absolute atomic E-state index is 6.05. The topological polar surface area (TPSA) is 56.8 Å². The molecule has 1 aliphatic heterocycles. The number of aliphatic imine (C=N–C) groups is 1. The number of hydrogen-bond donors (Lipinski definition) is 1. The van der Waals surface area contributed by atoms with Gasteiger partial charge in [0.15, 0.2) is 0 Å². The van der Waals surface area contributed by atoms with Crippen LogP contribution in [0.1, 0.15) is 33.3 Å². The molecule has 1 aliphatic rings. The second kappa shape index (κ2) is 5.63. The number of amidine groups is 1. The molecule has 4 nitrogen and oxygen atoms in total. The maximum atomic E-state index is 6.05. The molecule has 1 aromatic carbocycles. The Bertz CT molecular complexity index is 557. The van der Waals surface area contributed by atoms with Crippen LogP contribution in [0.3, 0.4) is 0 Å². The van der Waals surface area contributed by atoms with Gasteiger partial charge in [-0.05, 0) is 51.7 Å². The molecule has 114 valence electrons. The number of alkyl halides is 1. The molecule has 1 heterocycles. The van der Waals surface area contributed by atoms with Crippen LogP contribution in [0, 0.1) is 6.92 Å². The van der Waals surface area contributed by atoms with Crippen LogP contribution in [-0.2, 0) is 9.31 Å². The van der Waals surface area contributed by atoms with Gasteiger partial charge in [-0.1, -0.05) is 12.1 Å². The van der Waals surface area contributed by atoms with Crippen LogP contribution in [0.25, 0.3) is 0 Å². The number of aryl methyl sites for hydroxylation is 1. The van der Waals surface area contributed by atoms with Crippen molar-refractivity contribution in [3.05, 3.63) is 23.8 Å². The molecule has 0 saturated carbocycles. The van der Waals surface area contributed by atoms with Crippen molar-refractivity contribution in [3.8, 4) is 0 Å². The van der Waals surface area contributed by atoms with E-state index in [1.54, 1.807) is 0 Å². The van der Waals surface area contributed by atoms with E-state index in [1.165, 1.54) is 0 Å². The van der Waals surface area contributed by atoms with E-state index in [0.29, 0.717) is 5.84 Å². The summed E-state index contributed by atoms with van der Waals surface area (Å²) in [6.07, 6.45) is 0. The lowest BCUT2D eigenvalue weighted by Gasteiger charge is -2.32. The van der Waals surface area contributed by atoms with Crippen molar-refractivity contribution in [1.29, 1.82) is 0 Å². The number of rotatable bonds is 3. The number of nitrogens with zero attached hydrogens (tertiary/aromatic N) is 1. The molecule has 21 heavy (non-hydrogen) atoms. The third kappa shape index (κ3) is 3.25. The lowest BCUT2D eigenvalue weighted by molar-refractivity contribution is 0.00578. The summed E-state index contributed by atoms with van der Waals surface area (Å²) in [5, 5.41) is 0. The molecule has 0 radical (unpaired) electrons. The molecule has 1 saturated heterocycles. The summed E-state index contributed by atoms with van der Waals surface area (Å²) in [6, 6.07) is 5.92. The summed E-state index contributed by atoms with van der Waals surface area (Å²) in [4.78, 5) is 4.33. The Morgan fingerprint density at radius 2 is 1.81 bits per heavy atom. The van der Waals surface area contributed by atoms with Gasteiger partial charge in [-0.15, -0.1) is 11.6 Å². The monoisotopic (exact) mass is 308 g/mol. The number of halogens is 1. The first kappa shape index (κ1) is 16.3. The number of nitrogens with two attached hydrogens (primary N) is 1. The second-order valence-corrected chi connectivity index (χ2v) is 6.64. The molecule has 0 unspecified atom stereocenters. The fraction of sp³-hybridized carbons (Fsp3) is 0.533. The third-order valence-corrected chi connectivity index (χ3v) is 4.43. The van der Waals surface area contributed by atoms with Gasteiger partial charge in [0.25, 0.3) is 0 Å². The summed E-state index contributed by atoms with van der Waals surface area (Å²) in [5.74, 6) is 0.603. The summed E-state index contributed by atoms with van der Waals surface area (Å²) in [5.41, 5.74) is 7.75. The van der Waals surface area contributed by atoms with Gasteiger partial charge in [0.1, 0.15) is 5.84 Å². The van der Waals surface area contributed by atoms with E-state index >= 15 is 0 Å². The minimum atomic E-state index is -0.401. The van der Waals surface area contributed by atoms with Gasteiger partial charge in [-0.2, -0.15) is 0 Å². The zero-order valence-corrected chi connectivity index (χ0v) is 14.0. The van der Waals surface area contributed by atoms with Gasteiger partial charge < -0.3 is 15.0 Å². The second-order valence-electron chi connectivity index (χ2n) is 6.37. The van der Waals surface area contributed by atoms with E-state index in [2.05, 4.69) is 4.99 Å². The number of benzene rings is 1. The van der Waals surface area contributed by atoms with Crippen molar-refractivity contribution in [3.63, 3.8) is 0 Å². The Kier molecular flexibility index (Phi) is 4.38. The van der Waals surface area contributed by atoms with E-state index in [4.69, 9.17) is 26.6 Å². The minimum Gasteiger partial charge on any atom is -0.399 e. The summed E-state index contributed by atoms with van der Waals surface area (Å²) < 4.78 is 12.1. The van der Waals surface area contributed by atoms with Crippen LogP contribution in [0.4, 0.5) is 5.69 Å². The lowest BCUT2D eigenvalue weighted by atomic mass is 9.78. The normalized spacial score (nSPS) is 20.9. The van der Waals surface area contributed by atoms with Crippen molar-refractivity contribution < 1.29 is 9.31 Å². The highest BCUT2D eigenvalue weighted by molar-refractivity contribution is 6.62. The van der Waals surface area contributed by atoms with Gasteiger partial charge in [-0.25, -0.2) is 4.99 Å². The van der Waals surface area contributed by atoms with Crippen LogP contribution < -0.4 is 11.2 Å². The molecule has 2 rings (SSSR count). The van der Waals surface area contributed by atoms with Gasteiger partial charge in [0.05, 0.1) is 22.8 Å². The highest BCUT2D eigenvalue weighted by Gasteiger charge is 2.51. The van der Waals surface area contributed by atoms with E-state index in [1.807, 2.05) is 52.8 Å². The van der Waals surface area contributed by atoms with E-state index in [-0.39, 0.29) is 17.1 Å². The van der Waals surface area contributed by atoms with Crippen molar-refractivity contribution in [2.45, 2.75) is 45.8 Å². The van der Waals surface area contributed by atoms with Crippen molar-refractivity contribution in [1.82, 2.24) is 0 Å². The molecule has 2 N–H and O–H groups in total. The fourth-order valence-electron chi connectivity index (χ4n) is 2.06. The van der Waals surface area contributed by atoms with Crippen LogP contribution in [0.15, 0.2) is 23.2 Å². The number of hydrogen-bond acceptors (Lipinski definition) is 3. The van der Waals surface area contributed by atoms with Crippen molar-refractivity contribution >= 4 is 35.7 Å². The fourth-order valence-corrected chi connectivity index (χ4v) is 2.12. The van der Waals surface area contributed by atoms with Crippen LogP contribution in [-0.4, -0.2) is 30.0 Å². The highest BCUT2D eigenvalue weighted by atomic mass is 35.5. The van der Waals surface area contributed by atoms with Gasteiger partial charge in [0, 0.05) is 0 Å². The zero-order valence-electron chi connectivity index (χ0n) is 13.2. The van der Waals surface area contributed by atoms with Crippen LogP contribution in [0.2, 0.25) is 0 Å². The molecule has 1 fully saturated rings. The van der Waals surface area contributed by atoms with E-state index < -0.39 is 7.12 Å². The lowest BCUT2D eigenvalue weighted by Crippen LogP contribution is -2.41. The van der Waals surface area contributed by atoms with Gasteiger partial charge in [-0.3, -0.25) is 0 Å². The third-order valence-electron chi connectivity index (χ3n) is 4.16. The molecule has 0 atom stereocenters. The van der Waals surface area contributed by atoms with Gasteiger partial charge in [0.2, 0.25) is 0 Å². The first-order valence-electron chi connectivity index (χ1n) is 7.01. The molecule has 0 spiro atoms. The molecule has 0 aromatic heterocycles. The SMILES string of the molecule is Cc1ccc(B2OC(C)(C)C(C)(C)O2)cc1N=C(N)CCl. The smallest absolute Gasteiger partial charge is 0.399 e. The average Bonchev–Trinajstić information content (AvgIpc) is 2.61. The summed E-state index contributed by atoms with van der Waals surface area (Å²) >= 11 is 5.69. The molecule has 0 bridgehead atoms. The molecule has 6 heteroatoms. The Morgan fingerprint density at radius 3 is 2.33 bits per heavy atom. The zero-order chi connectivity index (χ0) is 15.8. The van der Waals surface area contributed by atoms with Crippen molar-refractivity contribution in [2.24, 2.45) is 10.7 Å². The minimum absolute atomic E-state index is 0.208. The standard InChI is InChI=1S/C15H22BClN2O2/c1-10-6-7-11(8-12(10)19-13(18)9-17)16-20-14(2,3)15(4,5)21-16/h6-8H,9H2,1-5H3,(H2,18,19). The molecular formula is C15H22BClN2O2. The Balaban J connectivity index is 2.33. The predicted octanol–water partition coefficient (Wildman–Crippen LogP) is 2.52. The Morgan fingerprint density at radius 1 is 1.24 bits per heavy atom. The average molecular weight is 309 g/mol. The summed E-state index contributed by atoms with van der Waals surface area (Å²) in [6.45, 7) is 10.1. The molecule has 0 amide bonds. The molecule has 0 aliphatic carbocycles. The molecule has 1 aromatic rings. The van der Waals surface area contributed by atoms with Crippen LogP contribution in [0.5, 0.6) is 0 Å². The maximum Gasteiger partial charge on any atom is 0.494 e. The van der Waals surface area contributed by atoms with E-state index in [9.17, 15) is 0 Å². The van der Waals surface area contributed by atoms with Crippen LogP contribution >= 0.6 is 11.6 Å².